The lowest BCUT2D eigenvalue weighted by Crippen LogP contribution is -2.52. The van der Waals surface area contributed by atoms with Crippen molar-refractivity contribution in [3.8, 4) is 5.75 Å². The van der Waals surface area contributed by atoms with Gasteiger partial charge in [-0.1, -0.05) is 6.92 Å². The summed E-state index contributed by atoms with van der Waals surface area (Å²) in [5, 5.41) is -5.97. The lowest BCUT2D eigenvalue weighted by Gasteiger charge is -2.29. The molecule has 0 spiro atoms. The maximum Gasteiger partial charge on any atom is 0.432 e. The number of carbonyl (C=O) groups excluding carboxylic acids is 2. The Balaban J connectivity index is 3.21. The van der Waals surface area contributed by atoms with Crippen molar-refractivity contribution in [3.63, 3.8) is 0 Å². The van der Waals surface area contributed by atoms with Gasteiger partial charge >= 0.3 is 23.4 Å². The zero-order valence-corrected chi connectivity index (χ0v) is 25.3. The zero-order valence-electron chi connectivity index (χ0n) is 18.0. The molecule has 35 heavy (non-hydrogen) atoms. The van der Waals surface area contributed by atoms with E-state index in [-0.39, 0.29) is 26.1 Å². The molecule has 0 N–H and O–H groups in total. The fraction of sp³-hybridized carbons (Fsp3) is 0.556. The van der Waals surface area contributed by atoms with E-state index in [0.29, 0.717) is 9.99 Å². The van der Waals surface area contributed by atoms with Gasteiger partial charge in [-0.2, -0.15) is 22.0 Å². The molecule has 0 aliphatic rings. The van der Waals surface area contributed by atoms with E-state index in [9.17, 15) is 44.5 Å². The highest BCUT2D eigenvalue weighted by Crippen LogP contribution is 2.40. The van der Waals surface area contributed by atoms with E-state index >= 15 is 0 Å². The Labute approximate surface area is 238 Å². The maximum atomic E-state index is 13.7. The first-order valence-corrected chi connectivity index (χ1v) is 13.9. The third kappa shape index (κ3) is 8.09. The number of benzene rings is 1. The molecule has 0 radical (unpaired) electrons. The molecule has 0 bridgehead atoms. The van der Waals surface area contributed by atoms with Crippen LogP contribution in [0.1, 0.15) is 37.6 Å². The second kappa shape index (κ2) is 12.0. The normalized spacial score (nSPS) is 13.8. The van der Waals surface area contributed by atoms with Crippen LogP contribution < -0.4 is 4.74 Å². The fourth-order valence-electron chi connectivity index (χ4n) is 2.10. The molecule has 0 saturated carbocycles. The molecule has 1 rings (SSSR count). The predicted molar refractivity (Wildman–Crippen MR) is 135 cm³/mol. The van der Waals surface area contributed by atoms with E-state index in [0.717, 1.165) is 6.07 Å². The molecule has 0 aromatic heterocycles. The van der Waals surface area contributed by atoms with Crippen LogP contribution in [0.5, 0.6) is 5.75 Å². The molecule has 17 heteroatoms. The second-order valence-electron chi connectivity index (χ2n) is 7.43. The monoisotopic (exact) mass is 869 g/mol. The minimum absolute atomic E-state index is 0.0392. The van der Waals surface area contributed by atoms with Crippen molar-refractivity contribution in [1.29, 1.82) is 0 Å². The number of carbonyl (C=O) groups is 2. The molecule has 1 aromatic rings. The number of hydrogen-bond acceptors (Lipinski definition) is 8. The Bertz CT molecular complexity index is 1080. The largest absolute Gasteiger partial charge is 0.743 e. The molecular weight excluding hydrogens is 852 g/mol. The molecule has 0 amide bonds. The minimum Gasteiger partial charge on any atom is -0.743 e. The summed E-state index contributed by atoms with van der Waals surface area (Å²) < 4.78 is 114. The van der Waals surface area contributed by atoms with Gasteiger partial charge in [0.25, 0.3) is 6.10 Å². The van der Waals surface area contributed by atoms with E-state index in [4.69, 9.17) is 9.47 Å². The lowest BCUT2D eigenvalue weighted by molar-refractivity contribution is -0.248. The van der Waals surface area contributed by atoms with Crippen molar-refractivity contribution < 1.29 is 58.7 Å². The molecule has 0 saturated heterocycles. The van der Waals surface area contributed by atoms with Crippen molar-refractivity contribution in [3.05, 3.63) is 22.3 Å². The predicted octanol–water partition coefficient (Wildman–Crippen LogP) is 5.08. The summed E-state index contributed by atoms with van der Waals surface area (Å²) in [6.45, 7) is 4.72. The van der Waals surface area contributed by atoms with E-state index in [1.807, 2.05) is 0 Å². The van der Waals surface area contributed by atoms with Gasteiger partial charge in [-0.05, 0) is 94.1 Å². The van der Waals surface area contributed by atoms with Crippen molar-refractivity contribution in [1.82, 2.24) is 0 Å². The summed E-state index contributed by atoms with van der Waals surface area (Å²) in [6, 6.07) is 1.01. The molecule has 1 aromatic carbocycles. The topological polar surface area (TPSA) is 119 Å². The summed E-state index contributed by atoms with van der Waals surface area (Å²) >= 11 is 4.99. The summed E-state index contributed by atoms with van der Waals surface area (Å²) in [5.74, 6) is -2.50. The molecule has 0 fully saturated rings. The zero-order chi connectivity index (χ0) is 27.6. The second-order valence-corrected chi connectivity index (χ2v) is 12.2. The van der Waals surface area contributed by atoms with Crippen LogP contribution in [0.15, 0.2) is 6.07 Å². The van der Waals surface area contributed by atoms with Crippen molar-refractivity contribution in [2.24, 2.45) is 5.41 Å². The van der Waals surface area contributed by atoms with E-state index in [1.54, 1.807) is 66.0 Å². The van der Waals surface area contributed by atoms with Crippen LogP contribution in [-0.2, 0) is 24.4 Å². The lowest BCUT2D eigenvalue weighted by atomic mass is 9.91. The highest BCUT2D eigenvalue weighted by molar-refractivity contribution is 14.1. The van der Waals surface area contributed by atoms with Gasteiger partial charge in [-0.15, -0.1) is 0 Å². The molecule has 0 aliphatic carbocycles. The molecule has 0 heterocycles. The van der Waals surface area contributed by atoms with Gasteiger partial charge in [0.15, 0.2) is 10.1 Å². The van der Waals surface area contributed by atoms with Crippen LogP contribution in [-0.4, -0.2) is 55.7 Å². The first-order chi connectivity index (χ1) is 15.7. The Hall–Kier alpha value is -0.290. The van der Waals surface area contributed by atoms with Crippen LogP contribution in [0, 0.1) is 16.1 Å². The Morgan fingerprint density at radius 2 is 1.60 bits per heavy atom. The highest BCUT2D eigenvalue weighted by Gasteiger charge is 2.63. The molecule has 1 unspecified atom stereocenters. The third-order valence-electron chi connectivity index (χ3n) is 4.50. The van der Waals surface area contributed by atoms with Crippen LogP contribution in [0.25, 0.3) is 0 Å². The number of ether oxygens (including phenoxy) is 3. The number of halogens is 8. The third-order valence-corrected chi connectivity index (χ3v) is 9.40. The molecule has 8 nitrogen and oxygen atoms in total. The summed E-state index contributed by atoms with van der Waals surface area (Å²) in [6.07, 6.45) is -10.1. The van der Waals surface area contributed by atoms with E-state index < -0.39 is 50.6 Å². The molecule has 0 aliphatic heterocycles. The van der Waals surface area contributed by atoms with Gasteiger partial charge in [0, 0.05) is 3.57 Å². The fourth-order valence-corrected chi connectivity index (χ4v) is 5.00. The van der Waals surface area contributed by atoms with Gasteiger partial charge in [0.1, 0.15) is 19.0 Å². The smallest absolute Gasteiger partial charge is 0.432 e. The quantitative estimate of drug-likeness (QED) is 0.0799. The number of alkyl halides is 5. The van der Waals surface area contributed by atoms with Crippen molar-refractivity contribution in [2.45, 2.75) is 44.7 Å². The Kier molecular flexibility index (Phi) is 11.3. The van der Waals surface area contributed by atoms with Gasteiger partial charge in [-0.25, -0.2) is 13.2 Å². The number of hydrogen-bond donors (Lipinski definition) is 0. The summed E-state index contributed by atoms with van der Waals surface area (Å²) in [4.78, 5) is 24.4. The Morgan fingerprint density at radius 1 is 1.06 bits per heavy atom. The van der Waals surface area contributed by atoms with Crippen LogP contribution in [0.3, 0.4) is 0 Å². The molecular formula is C18H17F5I3O8S-. The first kappa shape index (κ1) is 32.7. The van der Waals surface area contributed by atoms with Gasteiger partial charge in [0.2, 0.25) is 0 Å². The SMILES string of the molecule is CCC(C)(C)C(=O)OCCOc1c(I)c(I)cc(C(=O)OC(C(F)(F)F)C(F)(F)S(=O)(=O)[O-])c1I. The van der Waals surface area contributed by atoms with Crippen LogP contribution >= 0.6 is 67.8 Å². The highest BCUT2D eigenvalue weighted by atomic mass is 127. The van der Waals surface area contributed by atoms with Gasteiger partial charge in [-0.3, -0.25) is 4.79 Å². The van der Waals surface area contributed by atoms with Gasteiger partial charge in [0.05, 0.1) is 18.1 Å². The average Bonchev–Trinajstić information content (AvgIpc) is 2.71. The minimum atomic E-state index is -6.83. The van der Waals surface area contributed by atoms with Crippen LogP contribution in [0.2, 0.25) is 0 Å². The Morgan fingerprint density at radius 3 is 2.06 bits per heavy atom. The van der Waals surface area contributed by atoms with Crippen molar-refractivity contribution in [2.75, 3.05) is 13.2 Å². The van der Waals surface area contributed by atoms with Crippen LogP contribution in [0.4, 0.5) is 22.0 Å². The van der Waals surface area contributed by atoms with E-state index in [2.05, 4.69) is 4.74 Å². The van der Waals surface area contributed by atoms with Crippen molar-refractivity contribution >= 4 is 89.8 Å². The van der Waals surface area contributed by atoms with Gasteiger partial charge < -0.3 is 18.8 Å². The molecule has 1 atom stereocenters. The molecule has 200 valence electrons. The number of esters is 2. The first-order valence-electron chi connectivity index (χ1n) is 9.27. The standard InChI is InChI=1S/C18H18F5I3O8S/c1-4-16(2,3)15(28)33-6-5-32-12-10(25)8(7-9(24)11(12)26)13(27)34-14(17(19,20)21)18(22,23)35(29,30)31/h7,14H,4-6H2,1-3H3,(H,29,30,31)/p-1. The average molecular weight is 869 g/mol. The van der Waals surface area contributed by atoms with E-state index in [1.165, 1.54) is 22.6 Å². The summed E-state index contributed by atoms with van der Waals surface area (Å²) in [7, 11) is -6.83. The summed E-state index contributed by atoms with van der Waals surface area (Å²) in [5.41, 5.74) is -1.39. The maximum absolute atomic E-state index is 13.7. The number of rotatable bonds is 10.